The summed E-state index contributed by atoms with van der Waals surface area (Å²) in [6.07, 6.45) is 0.673. The third-order valence-electron chi connectivity index (χ3n) is 5.05. The Morgan fingerprint density at radius 3 is 2.61 bits per heavy atom. The molecule has 31 heavy (non-hydrogen) atoms. The number of carbonyl (C=O) groups is 1. The number of amides is 1. The second kappa shape index (κ2) is 9.75. The zero-order valence-electron chi connectivity index (χ0n) is 18.0. The number of carbonyl (C=O) groups excluding carboxylic acids is 1. The van der Waals surface area contributed by atoms with Crippen molar-refractivity contribution in [3.63, 3.8) is 0 Å². The van der Waals surface area contributed by atoms with Crippen LogP contribution >= 0.6 is 11.6 Å². The van der Waals surface area contributed by atoms with Crippen molar-refractivity contribution in [1.29, 1.82) is 0 Å². The van der Waals surface area contributed by atoms with Gasteiger partial charge in [0, 0.05) is 35.6 Å². The first-order valence-corrected chi connectivity index (χ1v) is 10.3. The molecule has 0 unspecified atom stereocenters. The third kappa shape index (κ3) is 5.70. The maximum atomic E-state index is 13.5. The predicted molar refractivity (Wildman–Crippen MR) is 122 cm³/mol. The van der Waals surface area contributed by atoms with Gasteiger partial charge in [-0.15, -0.1) is 0 Å². The van der Waals surface area contributed by atoms with Crippen LogP contribution in [-0.2, 0) is 13.5 Å². The Balaban J connectivity index is 1.82. The van der Waals surface area contributed by atoms with Crippen LogP contribution in [-0.4, -0.2) is 28.2 Å². The van der Waals surface area contributed by atoms with Gasteiger partial charge in [-0.1, -0.05) is 17.7 Å². The molecule has 3 aromatic rings. The Morgan fingerprint density at radius 1 is 1.19 bits per heavy atom. The number of halogens is 2. The van der Waals surface area contributed by atoms with E-state index in [1.807, 2.05) is 44.6 Å². The molecular formula is C23H25ClFN5O. The molecule has 2 N–H and O–H groups in total. The van der Waals surface area contributed by atoms with E-state index in [-0.39, 0.29) is 11.5 Å². The minimum Gasteiger partial charge on any atom is -0.326 e. The molecule has 3 rings (SSSR count). The molecule has 0 fully saturated rings. The third-order valence-corrected chi connectivity index (χ3v) is 5.29. The summed E-state index contributed by atoms with van der Waals surface area (Å²) in [6.45, 7) is 6.32. The van der Waals surface area contributed by atoms with Crippen LogP contribution in [0, 0.1) is 26.6 Å². The Bertz CT molecular complexity index is 1140. The SMILES string of the molecule is Cc1cc(Cl)ccc1NC(=NCCc1c(C)nn(C)c1C)NC(=O)c1cccc(F)c1. The molecule has 1 heterocycles. The monoisotopic (exact) mass is 441 g/mol. The molecule has 0 bridgehead atoms. The van der Waals surface area contributed by atoms with E-state index < -0.39 is 11.7 Å². The van der Waals surface area contributed by atoms with Gasteiger partial charge in [0.05, 0.1) is 5.69 Å². The number of rotatable bonds is 5. The number of benzene rings is 2. The van der Waals surface area contributed by atoms with Crippen molar-refractivity contribution in [2.45, 2.75) is 27.2 Å². The zero-order chi connectivity index (χ0) is 22.5. The fourth-order valence-electron chi connectivity index (χ4n) is 3.27. The van der Waals surface area contributed by atoms with Crippen LogP contribution in [0.25, 0.3) is 0 Å². The van der Waals surface area contributed by atoms with Crippen LogP contribution in [0.1, 0.15) is 32.9 Å². The van der Waals surface area contributed by atoms with E-state index in [1.54, 1.807) is 12.1 Å². The molecule has 0 radical (unpaired) electrons. The van der Waals surface area contributed by atoms with E-state index in [2.05, 4.69) is 20.7 Å². The molecule has 2 aromatic carbocycles. The molecule has 0 spiro atoms. The van der Waals surface area contributed by atoms with Crippen molar-refractivity contribution >= 4 is 29.2 Å². The first kappa shape index (κ1) is 22.5. The highest BCUT2D eigenvalue weighted by atomic mass is 35.5. The van der Waals surface area contributed by atoms with Gasteiger partial charge in [-0.3, -0.25) is 19.8 Å². The lowest BCUT2D eigenvalue weighted by atomic mass is 10.1. The standard InChI is InChI=1S/C23H25ClFN5O/c1-14-12-18(24)8-9-21(14)27-23(28-22(31)17-6-5-7-19(25)13-17)26-11-10-20-15(2)29-30(4)16(20)3/h5-9,12-13H,10-11H2,1-4H3,(H2,26,27,28,31). The minimum atomic E-state index is -0.477. The lowest BCUT2D eigenvalue weighted by molar-refractivity contribution is 0.0976. The Morgan fingerprint density at radius 2 is 1.97 bits per heavy atom. The molecule has 1 aromatic heterocycles. The van der Waals surface area contributed by atoms with E-state index in [9.17, 15) is 9.18 Å². The summed E-state index contributed by atoms with van der Waals surface area (Å²) >= 11 is 6.04. The van der Waals surface area contributed by atoms with Gasteiger partial charge >= 0.3 is 0 Å². The Kier molecular flexibility index (Phi) is 7.07. The lowest BCUT2D eigenvalue weighted by Crippen LogP contribution is -2.36. The van der Waals surface area contributed by atoms with Crippen LogP contribution in [0.2, 0.25) is 5.02 Å². The van der Waals surface area contributed by atoms with Crippen LogP contribution in [0.4, 0.5) is 10.1 Å². The van der Waals surface area contributed by atoms with Gasteiger partial charge in [0.25, 0.3) is 5.91 Å². The van der Waals surface area contributed by atoms with Crippen LogP contribution in [0.15, 0.2) is 47.5 Å². The topological polar surface area (TPSA) is 71.3 Å². The average molecular weight is 442 g/mol. The van der Waals surface area contributed by atoms with Gasteiger partial charge < -0.3 is 5.32 Å². The highest BCUT2D eigenvalue weighted by molar-refractivity contribution is 6.30. The molecule has 8 heteroatoms. The summed E-state index contributed by atoms with van der Waals surface area (Å²) in [5, 5.41) is 11.0. The molecule has 0 saturated heterocycles. The molecule has 162 valence electrons. The number of aryl methyl sites for hydroxylation is 3. The largest absolute Gasteiger partial charge is 0.326 e. The molecule has 0 aliphatic carbocycles. The summed E-state index contributed by atoms with van der Waals surface area (Å²) in [7, 11) is 1.91. The van der Waals surface area contributed by atoms with Gasteiger partial charge in [0.2, 0.25) is 5.96 Å². The van der Waals surface area contributed by atoms with Crippen molar-refractivity contribution in [2.75, 3.05) is 11.9 Å². The maximum Gasteiger partial charge on any atom is 0.258 e. The number of anilines is 1. The summed E-state index contributed by atoms with van der Waals surface area (Å²) in [4.78, 5) is 17.2. The quantitative estimate of drug-likeness (QED) is 0.449. The van der Waals surface area contributed by atoms with E-state index in [0.29, 0.717) is 18.0 Å². The minimum absolute atomic E-state index is 0.210. The van der Waals surface area contributed by atoms with Gasteiger partial charge in [-0.25, -0.2) is 4.39 Å². The number of nitrogens with zero attached hydrogens (tertiary/aromatic N) is 3. The predicted octanol–water partition coefficient (Wildman–Crippen LogP) is 4.58. The summed E-state index contributed by atoms with van der Waals surface area (Å²) in [5.41, 5.74) is 5.04. The van der Waals surface area contributed by atoms with Crippen molar-refractivity contribution in [3.8, 4) is 0 Å². The van der Waals surface area contributed by atoms with E-state index in [0.717, 1.165) is 28.2 Å². The molecule has 6 nitrogen and oxygen atoms in total. The maximum absolute atomic E-state index is 13.5. The Labute approximate surface area is 186 Å². The average Bonchev–Trinajstić information content (AvgIpc) is 2.95. The molecule has 0 saturated carbocycles. The molecule has 1 amide bonds. The number of hydrogen-bond acceptors (Lipinski definition) is 3. The summed E-state index contributed by atoms with van der Waals surface area (Å²) in [6, 6.07) is 10.9. The van der Waals surface area contributed by atoms with Gasteiger partial charge in [0.1, 0.15) is 5.82 Å². The highest BCUT2D eigenvalue weighted by Crippen LogP contribution is 2.19. The number of hydrogen-bond donors (Lipinski definition) is 2. The van der Waals surface area contributed by atoms with Crippen LogP contribution < -0.4 is 10.6 Å². The molecule has 0 aliphatic heterocycles. The van der Waals surface area contributed by atoms with Crippen molar-refractivity contribution < 1.29 is 9.18 Å². The van der Waals surface area contributed by atoms with Gasteiger partial charge in [-0.05, 0) is 74.7 Å². The van der Waals surface area contributed by atoms with Crippen molar-refractivity contribution in [1.82, 2.24) is 15.1 Å². The van der Waals surface area contributed by atoms with E-state index in [4.69, 9.17) is 11.6 Å². The molecule has 0 aliphatic rings. The van der Waals surface area contributed by atoms with Crippen molar-refractivity contribution in [2.24, 2.45) is 12.0 Å². The molecule has 0 atom stereocenters. The number of aliphatic imine (C=N–C) groups is 1. The summed E-state index contributed by atoms with van der Waals surface area (Å²) < 4.78 is 15.4. The Hall–Kier alpha value is -3.19. The number of aromatic nitrogens is 2. The number of nitrogens with one attached hydrogen (secondary N) is 2. The van der Waals surface area contributed by atoms with E-state index >= 15 is 0 Å². The summed E-state index contributed by atoms with van der Waals surface area (Å²) in [5.74, 6) is -0.653. The first-order valence-electron chi connectivity index (χ1n) is 9.88. The van der Waals surface area contributed by atoms with Crippen molar-refractivity contribution in [3.05, 3.63) is 81.4 Å². The zero-order valence-corrected chi connectivity index (χ0v) is 18.7. The first-order chi connectivity index (χ1) is 14.7. The highest BCUT2D eigenvalue weighted by Gasteiger charge is 2.13. The van der Waals surface area contributed by atoms with Gasteiger partial charge in [0.15, 0.2) is 0 Å². The van der Waals surface area contributed by atoms with Crippen LogP contribution in [0.5, 0.6) is 0 Å². The fourth-order valence-corrected chi connectivity index (χ4v) is 3.50. The smallest absolute Gasteiger partial charge is 0.258 e. The normalized spacial score (nSPS) is 11.5. The number of guanidine groups is 1. The van der Waals surface area contributed by atoms with Gasteiger partial charge in [-0.2, -0.15) is 5.10 Å². The van der Waals surface area contributed by atoms with E-state index in [1.165, 1.54) is 18.2 Å². The lowest BCUT2D eigenvalue weighted by Gasteiger charge is -2.14. The second-order valence-electron chi connectivity index (χ2n) is 7.30. The second-order valence-corrected chi connectivity index (χ2v) is 7.74. The molecular weight excluding hydrogens is 417 g/mol. The van der Waals surface area contributed by atoms with Crippen LogP contribution in [0.3, 0.4) is 0 Å². The fraction of sp³-hybridized carbons (Fsp3) is 0.261.